The molecule has 0 bridgehead atoms. The van der Waals surface area contributed by atoms with Gasteiger partial charge < -0.3 is 15.3 Å². The second kappa shape index (κ2) is 6.25. The molecule has 0 heterocycles. The minimum atomic E-state index is -0.871. The quantitative estimate of drug-likeness (QED) is 0.739. The molecule has 0 saturated heterocycles. The number of aromatic carboxylic acids is 1. The number of hydrogen-bond donors (Lipinski definition) is 2. The van der Waals surface area contributed by atoms with Crippen LogP contribution in [0.25, 0.3) is 0 Å². The van der Waals surface area contributed by atoms with Crippen LogP contribution in [0.3, 0.4) is 0 Å². The topological polar surface area (TPSA) is 52.6 Å². The zero-order valence-electron chi connectivity index (χ0n) is 10.7. The Balaban J connectivity index is 2.84. The summed E-state index contributed by atoms with van der Waals surface area (Å²) >= 11 is 0. The van der Waals surface area contributed by atoms with Crippen LogP contribution in [0.15, 0.2) is 18.2 Å². The van der Waals surface area contributed by atoms with Crippen LogP contribution in [0.2, 0.25) is 0 Å². The predicted octanol–water partition coefficient (Wildman–Crippen LogP) is 1.74. The highest BCUT2D eigenvalue weighted by molar-refractivity contribution is 5.94. The number of carboxylic acids is 1. The van der Waals surface area contributed by atoms with Crippen molar-refractivity contribution in [2.24, 2.45) is 0 Å². The summed E-state index contributed by atoms with van der Waals surface area (Å²) < 4.78 is 0. The lowest BCUT2D eigenvalue weighted by molar-refractivity contribution is 0.0697. The van der Waals surface area contributed by atoms with E-state index in [2.05, 4.69) is 5.32 Å². The molecule has 0 aliphatic carbocycles. The minimum Gasteiger partial charge on any atom is -0.478 e. The second-order valence-electron chi connectivity index (χ2n) is 4.20. The first-order valence-electron chi connectivity index (χ1n) is 5.76. The highest BCUT2D eigenvalue weighted by atomic mass is 16.4. The van der Waals surface area contributed by atoms with Gasteiger partial charge in [0, 0.05) is 13.6 Å². The first-order valence-corrected chi connectivity index (χ1v) is 5.76. The van der Waals surface area contributed by atoms with Gasteiger partial charge in [0.1, 0.15) is 0 Å². The number of benzene rings is 1. The molecular formula is C13H20N2O2. The van der Waals surface area contributed by atoms with Crippen LogP contribution in [0, 0.1) is 6.92 Å². The fourth-order valence-corrected chi connectivity index (χ4v) is 1.77. The molecule has 1 rings (SSSR count). The largest absolute Gasteiger partial charge is 0.478 e. The van der Waals surface area contributed by atoms with Gasteiger partial charge in [-0.25, -0.2) is 4.79 Å². The van der Waals surface area contributed by atoms with Gasteiger partial charge in [0.05, 0.1) is 11.3 Å². The number of aryl methyl sites for hydroxylation is 1. The number of rotatable bonds is 6. The van der Waals surface area contributed by atoms with E-state index in [1.807, 2.05) is 38.1 Å². The standard InChI is InChI=1S/C13H20N2O2/c1-10-5-6-12(11(9-10)13(16)17)15(3)8-4-7-14-2/h5-6,9,14H,4,7-8H2,1-3H3,(H,16,17). The fraction of sp³-hybridized carbons (Fsp3) is 0.462. The van der Waals surface area contributed by atoms with Crippen LogP contribution in [-0.2, 0) is 0 Å². The number of nitrogens with zero attached hydrogens (tertiary/aromatic N) is 1. The van der Waals surface area contributed by atoms with Crippen molar-refractivity contribution in [3.8, 4) is 0 Å². The third-order valence-electron chi connectivity index (χ3n) is 2.71. The van der Waals surface area contributed by atoms with Crippen LogP contribution in [0.5, 0.6) is 0 Å². The van der Waals surface area contributed by atoms with E-state index in [1.54, 1.807) is 6.07 Å². The first-order chi connectivity index (χ1) is 8.06. The van der Waals surface area contributed by atoms with Crippen molar-refractivity contribution >= 4 is 11.7 Å². The van der Waals surface area contributed by atoms with Crippen LogP contribution in [-0.4, -0.2) is 38.3 Å². The molecule has 0 fully saturated rings. The molecule has 0 aliphatic heterocycles. The van der Waals surface area contributed by atoms with E-state index in [1.165, 1.54) is 0 Å². The Hall–Kier alpha value is -1.55. The van der Waals surface area contributed by atoms with E-state index >= 15 is 0 Å². The highest BCUT2D eigenvalue weighted by Crippen LogP contribution is 2.21. The second-order valence-corrected chi connectivity index (χ2v) is 4.20. The van der Waals surface area contributed by atoms with Crippen LogP contribution < -0.4 is 10.2 Å². The Morgan fingerprint density at radius 2 is 2.18 bits per heavy atom. The fourth-order valence-electron chi connectivity index (χ4n) is 1.77. The molecule has 0 aromatic heterocycles. The van der Waals surface area contributed by atoms with Gasteiger partial charge >= 0.3 is 5.97 Å². The molecule has 0 amide bonds. The van der Waals surface area contributed by atoms with Gasteiger partial charge in [-0.1, -0.05) is 11.6 Å². The predicted molar refractivity (Wildman–Crippen MR) is 70.0 cm³/mol. The van der Waals surface area contributed by atoms with Crippen molar-refractivity contribution in [1.82, 2.24) is 5.32 Å². The van der Waals surface area contributed by atoms with Crippen LogP contribution in [0.1, 0.15) is 22.3 Å². The summed E-state index contributed by atoms with van der Waals surface area (Å²) in [5.41, 5.74) is 2.12. The van der Waals surface area contributed by atoms with Crippen molar-refractivity contribution in [1.29, 1.82) is 0 Å². The molecule has 2 N–H and O–H groups in total. The minimum absolute atomic E-state index is 0.372. The van der Waals surface area contributed by atoms with Gasteiger partial charge in [0.2, 0.25) is 0 Å². The lowest BCUT2D eigenvalue weighted by Gasteiger charge is -2.21. The molecule has 0 unspecified atom stereocenters. The summed E-state index contributed by atoms with van der Waals surface area (Å²) in [6, 6.07) is 5.53. The molecule has 0 atom stereocenters. The van der Waals surface area contributed by atoms with E-state index in [0.717, 1.165) is 30.8 Å². The summed E-state index contributed by atoms with van der Waals surface area (Å²) in [7, 11) is 3.83. The first kappa shape index (κ1) is 13.5. The van der Waals surface area contributed by atoms with E-state index < -0.39 is 5.97 Å². The highest BCUT2D eigenvalue weighted by Gasteiger charge is 2.13. The zero-order chi connectivity index (χ0) is 12.8. The lowest BCUT2D eigenvalue weighted by Crippen LogP contribution is -2.24. The summed E-state index contributed by atoms with van der Waals surface area (Å²) in [6.45, 7) is 3.67. The van der Waals surface area contributed by atoms with Gasteiger partial charge in [0.25, 0.3) is 0 Å². The Morgan fingerprint density at radius 1 is 1.47 bits per heavy atom. The number of hydrogen-bond acceptors (Lipinski definition) is 3. The maximum atomic E-state index is 11.2. The summed E-state index contributed by atoms with van der Waals surface area (Å²) in [4.78, 5) is 13.2. The zero-order valence-corrected chi connectivity index (χ0v) is 10.7. The number of carbonyl (C=O) groups is 1. The third kappa shape index (κ3) is 3.75. The SMILES string of the molecule is CNCCCN(C)c1ccc(C)cc1C(=O)O. The average molecular weight is 236 g/mol. The molecule has 0 spiro atoms. The van der Waals surface area contributed by atoms with Gasteiger partial charge in [-0.3, -0.25) is 0 Å². The van der Waals surface area contributed by atoms with Gasteiger partial charge in [-0.15, -0.1) is 0 Å². The van der Waals surface area contributed by atoms with Crippen molar-refractivity contribution < 1.29 is 9.90 Å². The Bertz CT molecular complexity index is 391. The molecule has 17 heavy (non-hydrogen) atoms. The molecule has 94 valence electrons. The monoisotopic (exact) mass is 236 g/mol. The smallest absolute Gasteiger partial charge is 0.337 e. The maximum Gasteiger partial charge on any atom is 0.337 e. The van der Waals surface area contributed by atoms with E-state index in [-0.39, 0.29) is 0 Å². The number of carboxylic acid groups (broad SMARTS) is 1. The summed E-state index contributed by atoms with van der Waals surface area (Å²) in [6.07, 6.45) is 0.986. The van der Waals surface area contributed by atoms with Gasteiger partial charge in [0.15, 0.2) is 0 Å². The van der Waals surface area contributed by atoms with E-state index in [4.69, 9.17) is 0 Å². The van der Waals surface area contributed by atoms with Crippen molar-refractivity contribution in [2.75, 3.05) is 32.1 Å². The van der Waals surface area contributed by atoms with E-state index in [0.29, 0.717) is 5.56 Å². The molecule has 4 nitrogen and oxygen atoms in total. The molecule has 1 aromatic carbocycles. The average Bonchev–Trinajstić information content (AvgIpc) is 2.29. The number of anilines is 1. The molecule has 4 heteroatoms. The summed E-state index contributed by atoms with van der Waals surface area (Å²) in [5, 5.41) is 12.2. The Morgan fingerprint density at radius 3 is 2.76 bits per heavy atom. The Labute approximate surface area is 102 Å². The number of nitrogens with one attached hydrogen (secondary N) is 1. The van der Waals surface area contributed by atoms with Crippen molar-refractivity contribution in [2.45, 2.75) is 13.3 Å². The molecule has 1 aromatic rings. The van der Waals surface area contributed by atoms with Crippen LogP contribution >= 0.6 is 0 Å². The maximum absolute atomic E-state index is 11.2. The van der Waals surface area contributed by atoms with Gasteiger partial charge in [-0.05, 0) is 39.1 Å². The molecule has 0 saturated carbocycles. The molecular weight excluding hydrogens is 216 g/mol. The van der Waals surface area contributed by atoms with Gasteiger partial charge in [-0.2, -0.15) is 0 Å². The molecule has 0 radical (unpaired) electrons. The Kier molecular flexibility index (Phi) is 4.97. The molecule has 0 aliphatic rings. The van der Waals surface area contributed by atoms with Crippen molar-refractivity contribution in [3.63, 3.8) is 0 Å². The lowest BCUT2D eigenvalue weighted by atomic mass is 10.1. The summed E-state index contributed by atoms with van der Waals surface area (Å²) in [5.74, 6) is -0.871. The van der Waals surface area contributed by atoms with Crippen LogP contribution in [0.4, 0.5) is 5.69 Å². The van der Waals surface area contributed by atoms with E-state index in [9.17, 15) is 9.90 Å². The third-order valence-corrected chi connectivity index (χ3v) is 2.71. The normalized spacial score (nSPS) is 10.3. The van der Waals surface area contributed by atoms with Crippen molar-refractivity contribution in [3.05, 3.63) is 29.3 Å².